The maximum atomic E-state index is 13.7. The molecule has 1 fully saturated rings. The van der Waals surface area contributed by atoms with Crippen LogP contribution < -0.4 is 10.5 Å². The second kappa shape index (κ2) is 6.70. The third kappa shape index (κ3) is 3.10. The van der Waals surface area contributed by atoms with Gasteiger partial charge < -0.3 is 15.4 Å². The van der Waals surface area contributed by atoms with E-state index in [2.05, 4.69) is 0 Å². The van der Waals surface area contributed by atoms with Gasteiger partial charge in [-0.25, -0.2) is 4.39 Å². The number of ether oxygens (including phenoxy) is 1. The van der Waals surface area contributed by atoms with Gasteiger partial charge in [0.05, 0.1) is 7.11 Å². The standard InChI is InChI=1S/C15H21FN2O2/c1-20-14-6-5-11(10-13(14)16)15(19)18-9-3-2-4-12(18)7-8-17/h5-6,10,12H,2-4,7-9,17H2,1H3. The molecule has 20 heavy (non-hydrogen) atoms. The number of nitrogens with zero attached hydrogens (tertiary/aromatic N) is 1. The molecule has 1 unspecified atom stereocenters. The van der Waals surface area contributed by atoms with E-state index in [-0.39, 0.29) is 17.7 Å². The van der Waals surface area contributed by atoms with Gasteiger partial charge in [-0.15, -0.1) is 0 Å². The summed E-state index contributed by atoms with van der Waals surface area (Å²) in [5, 5.41) is 0. The number of carbonyl (C=O) groups excluding carboxylic acids is 1. The second-order valence-corrected chi connectivity index (χ2v) is 5.07. The summed E-state index contributed by atoms with van der Waals surface area (Å²) in [7, 11) is 1.40. The predicted octanol–water partition coefficient (Wildman–Crippen LogP) is 2.18. The summed E-state index contributed by atoms with van der Waals surface area (Å²) in [6.45, 7) is 1.28. The molecule has 1 heterocycles. The van der Waals surface area contributed by atoms with E-state index in [4.69, 9.17) is 10.5 Å². The molecule has 1 atom stereocenters. The van der Waals surface area contributed by atoms with Crippen LogP contribution in [0.1, 0.15) is 36.0 Å². The lowest BCUT2D eigenvalue weighted by molar-refractivity contribution is 0.0604. The predicted molar refractivity (Wildman–Crippen MR) is 75.3 cm³/mol. The Morgan fingerprint density at radius 3 is 2.95 bits per heavy atom. The number of rotatable bonds is 4. The highest BCUT2D eigenvalue weighted by Gasteiger charge is 2.27. The number of halogens is 1. The first-order valence-corrected chi connectivity index (χ1v) is 7.02. The molecule has 1 aliphatic heterocycles. The van der Waals surface area contributed by atoms with Crippen molar-refractivity contribution < 1.29 is 13.9 Å². The van der Waals surface area contributed by atoms with Gasteiger partial charge in [0, 0.05) is 18.2 Å². The van der Waals surface area contributed by atoms with Crippen molar-refractivity contribution in [3.05, 3.63) is 29.6 Å². The Kier molecular flexibility index (Phi) is 4.95. The molecule has 1 amide bonds. The highest BCUT2D eigenvalue weighted by Crippen LogP contribution is 2.24. The molecule has 1 aliphatic rings. The largest absolute Gasteiger partial charge is 0.494 e. The van der Waals surface area contributed by atoms with E-state index >= 15 is 0 Å². The number of nitrogens with two attached hydrogens (primary N) is 1. The summed E-state index contributed by atoms with van der Waals surface area (Å²) < 4.78 is 18.6. The van der Waals surface area contributed by atoms with Crippen molar-refractivity contribution in [2.24, 2.45) is 5.73 Å². The van der Waals surface area contributed by atoms with Gasteiger partial charge in [-0.2, -0.15) is 0 Å². The summed E-state index contributed by atoms with van der Waals surface area (Å²) in [6, 6.07) is 4.52. The zero-order valence-corrected chi connectivity index (χ0v) is 11.8. The molecule has 5 heteroatoms. The minimum absolute atomic E-state index is 0.121. The lowest BCUT2D eigenvalue weighted by atomic mass is 9.98. The van der Waals surface area contributed by atoms with Gasteiger partial charge >= 0.3 is 0 Å². The molecular weight excluding hydrogens is 259 g/mol. The monoisotopic (exact) mass is 280 g/mol. The van der Waals surface area contributed by atoms with Gasteiger partial charge in [0.25, 0.3) is 5.91 Å². The highest BCUT2D eigenvalue weighted by molar-refractivity contribution is 5.94. The third-order valence-electron chi connectivity index (χ3n) is 3.79. The lowest BCUT2D eigenvalue weighted by Crippen LogP contribution is -2.44. The maximum absolute atomic E-state index is 13.7. The van der Waals surface area contributed by atoms with Crippen LogP contribution in [0.15, 0.2) is 18.2 Å². The van der Waals surface area contributed by atoms with E-state index in [1.807, 2.05) is 4.90 Å². The van der Waals surface area contributed by atoms with Crippen LogP contribution in [0.5, 0.6) is 5.75 Å². The summed E-state index contributed by atoms with van der Waals surface area (Å²) in [6.07, 6.45) is 3.88. The quantitative estimate of drug-likeness (QED) is 0.919. The van der Waals surface area contributed by atoms with Crippen LogP contribution >= 0.6 is 0 Å². The molecule has 0 aliphatic carbocycles. The van der Waals surface area contributed by atoms with Crippen LogP contribution in [0.4, 0.5) is 4.39 Å². The number of amides is 1. The minimum Gasteiger partial charge on any atom is -0.494 e. The van der Waals surface area contributed by atoms with Gasteiger partial charge in [0.15, 0.2) is 11.6 Å². The van der Waals surface area contributed by atoms with Crippen LogP contribution in [0.2, 0.25) is 0 Å². The average molecular weight is 280 g/mol. The number of carbonyl (C=O) groups is 1. The Bertz CT molecular complexity index is 477. The fraction of sp³-hybridized carbons (Fsp3) is 0.533. The Morgan fingerprint density at radius 1 is 1.50 bits per heavy atom. The van der Waals surface area contributed by atoms with Gasteiger partial charge in [0.1, 0.15) is 0 Å². The molecule has 0 bridgehead atoms. The van der Waals surface area contributed by atoms with Crippen molar-refractivity contribution in [3.8, 4) is 5.75 Å². The number of likely N-dealkylation sites (tertiary alicyclic amines) is 1. The van der Waals surface area contributed by atoms with Crippen LogP contribution in [0.25, 0.3) is 0 Å². The van der Waals surface area contributed by atoms with Gasteiger partial charge in [-0.1, -0.05) is 0 Å². The van der Waals surface area contributed by atoms with Crippen LogP contribution in [0.3, 0.4) is 0 Å². The lowest BCUT2D eigenvalue weighted by Gasteiger charge is -2.35. The van der Waals surface area contributed by atoms with Crippen molar-refractivity contribution in [1.82, 2.24) is 4.90 Å². The zero-order valence-electron chi connectivity index (χ0n) is 11.8. The summed E-state index contributed by atoms with van der Waals surface area (Å²) >= 11 is 0. The maximum Gasteiger partial charge on any atom is 0.254 e. The molecule has 2 N–H and O–H groups in total. The minimum atomic E-state index is -0.509. The Balaban J connectivity index is 2.18. The molecule has 0 spiro atoms. The van der Waals surface area contributed by atoms with E-state index in [9.17, 15) is 9.18 Å². The SMILES string of the molecule is COc1ccc(C(=O)N2CCCCC2CCN)cc1F. The smallest absolute Gasteiger partial charge is 0.254 e. The summed E-state index contributed by atoms with van der Waals surface area (Å²) in [5.41, 5.74) is 5.98. The van der Waals surface area contributed by atoms with E-state index in [0.29, 0.717) is 12.1 Å². The number of piperidine rings is 1. The first-order valence-electron chi connectivity index (χ1n) is 7.02. The number of benzene rings is 1. The molecule has 0 saturated carbocycles. The zero-order chi connectivity index (χ0) is 14.5. The van der Waals surface area contributed by atoms with Gasteiger partial charge in [-0.05, 0) is 50.4 Å². The first kappa shape index (κ1) is 14.8. The van der Waals surface area contributed by atoms with Crippen molar-refractivity contribution >= 4 is 5.91 Å². The Labute approximate surface area is 118 Å². The topological polar surface area (TPSA) is 55.6 Å². The van der Waals surface area contributed by atoms with Crippen LogP contribution in [-0.4, -0.2) is 37.0 Å². The van der Waals surface area contributed by atoms with E-state index in [0.717, 1.165) is 32.2 Å². The van der Waals surface area contributed by atoms with E-state index in [1.54, 1.807) is 6.07 Å². The van der Waals surface area contributed by atoms with Crippen molar-refractivity contribution in [2.75, 3.05) is 20.2 Å². The molecular formula is C15H21FN2O2. The molecule has 1 saturated heterocycles. The number of hydrogen-bond donors (Lipinski definition) is 1. The van der Waals surface area contributed by atoms with Crippen molar-refractivity contribution in [1.29, 1.82) is 0 Å². The summed E-state index contributed by atoms with van der Waals surface area (Å²) in [5.74, 6) is -0.478. The third-order valence-corrected chi connectivity index (χ3v) is 3.79. The van der Waals surface area contributed by atoms with Gasteiger partial charge in [-0.3, -0.25) is 4.79 Å². The van der Waals surface area contributed by atoms with Crippen LogP contribution in [0, 0.1) is 5.82 Å². The molecule has 4 nitrogen and oxygen atoms in total. The molecule has 1 aromatic carbocycles. The normalized spacial score (nSPS) is 18.9. The van der Waals surface area contributed by atoms with E-state index < -0.39 is 5.82 Å². The fourth-order valence-corrected chi connectivity index (χ4v) is 2.73. The van der Waals surface area contributed by atoms with E-state index in [1.165, 1.54) is 19.2 Å². The van der Waals surface area contributed by atoms with Crippen molar-refractivity contribution in [3.63, 3.8) is 0 Å². The molecule has 0 aromatic heterocycles. The molecule has 1 aromatic rings. The molecule has 0 radical (unpaired) electrons. The first-order chi connectivity index (χ1) is 9.67. The second-order valence-electron chi connectivity index (χ2n) is 5.07. The summed E-state index contributed by atoms with van der Waals surface area (Å²) in [4.78, 5) is 14.3. The van der Waals surface area contributed by atoms with Gasteiger partial charge in [0.2, 0.25) is 0 Å². The average Bonchev–Trinajstić information content (AvgIpc) is 2.47. The fourth-order valence-electron chi connectivity index (χ4n) is 2.73. The Hall–Kier alpha value is -1.62. The Morgan fingerprint density at radius 2 is 2.30 bits per heavy atom. The van der Waals surface area contributed by atoms with Crippen molar-refractivity contribution in [2.45, 2.75) is 31.7 Å². The van der Waals surface area contributed by atoms with Crippen LogP contribution in [-0.2, 0) is 0 Å². The molecule has 110 valence electrons. The number of methoxy groups -OCH3 is 1. The number of hydrogen-bond acceptors (Lipinski definition) is 3. The highest BCUT2D eigenvalue weighted by atomic mass is 19.1. The molecule has 2 rings (SSSR count).